The second-order valence-corrected chi connectivity index (χ2v) is 5.06. The van der Waals surface area contributed by atoms with Gasteiger partial charge in [-0.15, -0.1) is 0 Å². The van der Waals surface area contributed by atoms with Gasteiger partial charge in [-0.2, -0.15) is 5.10 Å². The van der Waals surface area contributed by atoms with E-state index in [9.17, 15) is 4.79 Å². The molecule has 6 heteroatoms. The first kappa shape index (κ1) is 13.3. The van der Waals surface area contributed by atoms with Gasteiger partial charge < -0.3 is 10.2 Å². The van der Waals surface area contributed by atoms with Crippen molar-refractivity contribution < 1.29 is 9.21 Å². The van der Waals surface area contributed by atoms with Crippen molar-refractivity contribution in [3.05, 3.63) is 72.4 Å². The first-order valence-electron chi connectivity index (χ1n) is 7.01. The molecule has 1 aromatic carbocycles. The SMILES string of the molecule is Nc1cccc(-c2ccnc3c(C(=O)c4ccco4)cnn23)c1. The molecule has 0 saturated carbocycles. The summed E-state index contributed by atoms with van der Waals surface area (Å²) < 4.78 is 6.80. The van der Waals surface area contributed by atoms with E-state index >= 15 is 0 Å². The van der Waals surface area contributed by atoms with Crippen molar-refractivity contribution in [1.82, 2.24) is 14.6 Å². The van der Waals surface area contributed by atoms with E-state index in [1.165, 1.54) is 12.5 Å². The van der Waals surface area contributed by atoms with E-state index in [-0.39, 0.29) is 11.5 Å². The minimum atomic E-state index is -0.248. The Balaban J connectivity index is 1.89. The summed E-state index contributed by atoms with van der Waals surface area (Å²) in [5.41, 5.74) is 9.08. The zero-order chi connectivity index (χ0) is 15.8. The Labute approximate surface area is 131 Å². The number of ketones is 1. The summed E-state index contributed by atoms with van der Waals surface area (Å²) in [4.78, 5) is 16.8. The van der Waals surface area contributed by atoms with Gasteiger partial charge in [0.2, 0.25) is 5.78 Å². The summed E-state index contributed by atoms with van der Waals surface area (Å²) in [6.07, 6.45) is 4.61. The van der Waals surface area contributed by atoms with Crippen molar-refractivity contribution in [2.24, 2.45) is 0 Å². The van der Waals surface area contributed by atoms with Crippen molar-refractivity contribution in [2.75, 3.05) is 5.73 Å². The number of nitrogen functional groups attached to an aromatic ring is 1. The largest absolute Gasteiger partial charge is 0.461 e. The van der Waals surface area contributed by atoms with Crippen LogP contribution in [0.3, 0.4) is 0 Å². The van der Waals surface area contributed by atoms with Gasteiger partial charge in [0, 0.05) is 17.4 Å². The Morgan fingerprint density at radius 3 is 2.87 bits per heavy atom. The maximum absolute atomic E-state index is 12.5. The van der Waals surface area contributed by atoms with Crippen LogP contribution in [0.1, 0.15) is 16.1 Å². The number of rotatable bonds is 3. The molecule has 0 radical (unpaired) electrons. The molecule has 0 aliphatic heterocycles. The predicted molar refractivity (Wildman–Crippen MR) is 85.0 cm³/mol. The predicted octanol–water partition coefficient (Wildman–Crippen LogP) is 2.80. The molecule has 0 atom stereocenters. The topological polar surface area (TPSA) is 86.4 Å². The normalized spacial score (nSPS) is 11.0. The molecule has 2 N–H and O–H groups in total. The average Bonchev–Trinajstić information content (AvgIpc) is 3.23. The number of benzene rings is 1. The molecule has 0 fully saturated rings. The van der Waals surface area contributed by atoms with E-state index in [1.807, 2.05) is 30.3 Å². The molecule has 3 heterocycles. The summed E-state index contributed by atoms with van der Waals surface area (Å²) in [6, 6.07) is 12.6. The molecule has 0 amide bonds. The highest BCUT2D eigenvalue weighted by Crippen LogP contribution is 2.23. The Kier molecular flexibility index (Phi) is 2.94. The van der Waals surface area contributed by atoms with Crippen molar-refractivity contribution in [2.45, 2.75) is 0 Å². The smallest absolute Gasteiger partial charge is 0.233 e. The zero-order valence-electron chi connectivity index (χ0n) is 12.0. The lowest BCUT2D eigenvalue weighted by Crippen LogP contribution is -2.01. The fourth-order valence-electron chi connectivity index (χ4n) is 2.51. The Bertz CT molecular complexity index is 1000. The molecule has 0 bridgehead atoms. The van der Waals surface area contributed by atoms with E-state index < -0.39 is 0 Å². The summed E-state index contributed by atoms with van der Waals surface area (Å²) >= 11 is 0. The lowest BCUT2D eigenvalue weighted by molar-refractivity contribution is 0.101. The average molecular weight is 304 g/mol. The summed E-state index contributed by atoms with van der Waals surface area (Å²) in [5, 5.41) is 4.31. The van der Waals surface area contributed by atoms with Crippen molar-refractivity contribution in [3.63, 3.8) is 0 Å². The molecule has 4 rings (SSSR count). The molecule has 112 valence electrons. The van der Waals surface area contributed by atoms with Gasteiger partial charge in [0.25, 0.3) is 0 Å². The molecule has 0 aliphatic carbocycles. The first-order chi connectivity index (χ1) is 11.2. The monoisotopic (exact) mass is 304 g/mol. The summed E-state index contributed by atoms with van der Waals surface area (Å²) in [6.45, 7) is 0. The number of carbonyl (C=O) groups is 1. The van der Waals surface area contributed by atoms with Crippen LogP contribution in [0.15, 0.2) is 65.5 Å². The van der Waals surface area contributed by atoms with Gasteiger partial charge in [-0.05, 0) is 30.3 Å². The standard InChI is InChI=1S/C17H12N4O2/c18-12-4-1-3-11(9-12)14-6-7-19-17-13(10-20-21(14)17)16(22)15-5-2-8-23-15/h1-10H,18H2. The van der Waals surface area contributed by atoms with Crippen LogP contribution in [-0.2, 0) is 0 Å². The first-order valence-corrected chi connectivity index (χ1v) is 7.01. The van der Waals surface area contributed by atoms with E-state index in [1.54, 1.807) is 22.8 Å². The van der Waals surface area contributed by atoms with Gasteiger partial charge >= 0.3 is 0 Å². The van der Waals surface area contributed by atoms with E-state index in [4.69, 9.17) is 10.2 Å². The summed E-state index contributed by atoms with van der Waals surface area (Å²) in [5.74, 6) is 0.0123. The number of aromatic nitrogens is 3. The van der Waals surface area contributed by atoms with Gasteiger partial charge in [0.1, 0.15) is 0 Å². The molecule has 6 nitrogen and oxygen atoms in total. The molecule has 0 saturated heterocycles. The Morgan fingerprint density at radius 1 is 1.17 bits per heavy atom. The number of furan rings is 1. The molecular formula is C17H12N4O2. The van der Waals surface area contributed by atoms with Gasteiger partial charge in [-0.1, -0.05) is 12.1 Å². The van der Waals surface area contributed by atoms with Crippen molar-refractivity contribution >= 4 is 17.1 Å². The van der Waals surface area contributed by atoms with Gasteiger partial charge in [-0.3, -0.25) is 4.79 Å². The highest BCUT2D eigenvalue weighted by atomic mass is 16.3. The quantitative estimate of drug-likeness (QED) is 0.464. The third-order valence-corrected chi connectivity index (χ3v) is 3.57. The number of hydrogen-bond acceptors (Lipinski definition) is 5. The molecule has 4 aromatic rings. The van der Waals surface area contributed by atoms with Crippen LogP contribution in [-0.4, -0.2) is 20.4 Å². The number of fused-ring (bicyclic) bond motifs is 1. The molecular weight excluding hydrogens is 292 g/mol. The fraction of sp³-hybridized carbons (Fsp3) is 0. The maximum atomic E-state index is 12.5. The number of hydrogen-bond donors (Lipinski definition) is 1. The van der Waals surface area contributed by atoms with Crippen molar-refractivity contribution in [3.8, 4) is 11.3 Å². The van der Waals surface area contributed by atoms with E-state index in [2.05, 4.69) is 10.1 Å². The molecule has 3 aromatic heterocycles. The minimum absolute atomic E-state index is 0.248. The number of carbonyl (C=O) groups excluding carboxylic acids is 1. The van der Waals surface area contributed by atoms with Crippen LogP contribution in [0.2, 0.25) is 0 Å². The summed E-state index contributed by atoms with van der Waals surface area (Å²) in [7, 11) is 0. The van der Waals surface area contributed by atoms with E-state index in [0.717, 1.165) is 11.3 Å². The lowest BCUT2D eigenvalue weighted by atomic mass is 10.1. The van der Waals surface area contributed by atoms with Gasteiger partial charge in [0.05, 0.1) is 23.7 Å². The molecule has 0 spiro atoms. The zero-order valence-corrected chi connectivity index (χ0v) is 12.0. The maximum Gasteiger partial charge on any atom is 0.233 e. The van der Waals surface area contributed by atoms with Crippen LogP contribution < -0.4 is 5.73 Å². The van der Waals surface area contributed by atoms with Crippen molar-refractivity contribution in [1.29, 1.82) is 0 Å². The van der Waals surface area contributed by atoms with Gasteiger partial charge in [-0.25, -0.2) is 9.50 Å². The third-order valence-electron chi connectivity index (χ3n) is 3.57. The van der Waals surface area contributed by atoms with E-state index in [0.29, 0.717) is 16.9 Å². The Morgan fingerprint density at radius 2 is 2.09 bits per heavy atom. The number of anilines is 1. The van der Waals surface area contributed by atoms with Crippen LogP contribution in [0.25, 0.3) is 16.9 Å². The van der Waals surface area contributed by atoms with Gasteiger partial charge in [0.15, 0.2) is 11.4 Å². The van der Waals surface area contributed by atoms with Crippen LogP contribution in [0, 0.1) is 0 Å². The second kappa shape index (κ2) is 5.10. The van der Waals surface area contributed by atoms with Crippen LogP contribution in [0.4, 0.5) is 5.69 Å². The highest BCUT2D eigenvalue weighted by molar-refractivity contribution is 6.10. The molecule has 23 heavy (non-hydrogen) atoms. The second-order valence-electron chi connectivity index (χ2n) is 5.06. The van der Waals surface area contributed by atoms with Crippen LogP contribution in [0.5, 0.6) is 0 Å². The van der Waals surface area contributed by atoms with Crippen LogP contribution >= 0.6 is 0 Å². The molecule has 0 aliphatic rings. The lowest BCUT2D eigenvalue weighted by Gasteiger charge is -2.05. The third kappa shape index (κ3) is 2.17. The fourth-order valence-corrected chi connectivity index (χ4v) is 2.51. The minimum Gasteiger partial charge on any atom is -0.461 e. The molecule has 0 unspecified atom stereocenters. The number of nitrogens with two attached hydrogens (primary N) is 1. The highest BCUT2D eigenvalue weighted by Gasteiger charge is 2.19. The number of nitrogens with zero attached hydrogens (tertiary/aromatic N) is 3. The Hall–Kier alpha value is -3.41.